The van der Waals surface area contributed by atoms with E-state index in [-0.39, 0.29) is 16.0 Å². The summed E-state index contributed by atoms with van der Waals surface area (Å²) in [4.78, 5) is 13.3. The summed E-state index contributed by atoms with van der Waals surface area (Å²) < 4.78 is 16.4. The standard InChI is InChI=1S/C18H16ClN3O5S/c1-22(2)15-7-5-11(26-15)9-14(17(23)24)28-18-21-20-16(27-18)12-8-10(19)4-6-13(12)25-3/h4-9H,1-3H3,(H,23,24)/b14-9-. The lowest BCUT2D eigenvalue weighted by Gasteiger charge is -2.06. The number of nitrogens with zero attached hydrogens (tertiary/aromatic N) is 3. The monoisotopic (exact) mass is 421 g/mol. The number of carboxylic acids is 1. The maximum Gasteiger partial charge on any atom is 0.342 e. The van der Waals surface area contributed by atoms with Gasteiger partial charge in [-0.25, -0.2) is 4.79 Å². The number of ether oxygens (including phenoxy) is 1. The zero-order valence-electron chi connectivity index (χ0n) is 15.2. The number of carbonyl (C=O) groups is 1. The smallest absolute Gasteiger partial charge is 0.342 e. The minimum Gasteiger partial charge on any atom is -0.496 e. The third-order valence-electron chi connectivity index (χ3n) is 3.53. The van der Waals surface area contributed by atoms with Gasteiger partial charge in [0.25, 0.3) is 11.1 Å². The van der Waals surface area contributed by atoms with Gasteiger partial charge in [-0.3, -0.25) is 0 Å². The fourth-order valence-electron chi connectivity index (χ4n) is 2.23. The number of anilines is 1. The summed E-state index contributed by atoms with van der Waals surface area (Å²) in [5.41, 5.74) is 0.511. The molecule has 2 aromatic heterocycles. The molecule has 3 aromatic rings. The predicted molar refractivity (Wildman–Crippen MR) is 106 cm³/mol. The summed E-state index contributed by atoms with van der Waals surface area (Å²) >= 11 is 6.84. The van der Waals surface area contributed by atoms with Gasteiger partial charge in [0.1, 0.15) is 16.4 Å². The van der Waals surface area contributed by atoms with Crippen molar-refractivity contribution in [2.45, 2.75) is 5.22 Å². The topological polar surface area (TPSA) is 102 Å². The maximum atomic E-state index is 11.6. The minimum absolute atomic E-state index is 0.0343. The van der Waals surface area contributed by atoms with E-state index < -0.39 is 5.97 Å². The van der Waals surface area contributed by atoms with E-state index in [1.807, 2.05) is 14.1 Å². The highest BCUT2D eigenvalue weighted by Crippen LogP contribution is 2.35. The molecule has 0 bridgehead atoms. The summed E-state index contributed by atoms with van der Waals surface area (Å²) in [6.45, 7) is 0. The number of aromatic nitrogens is 2. The van der Waals surface area contributed by atoms with E-state index in [1.165, 1.54) is 13.2 Å². The van der Waals surface area contributed by atoms with Crippen LogP contribution in [0.15, 0.2) is 49.3 Å². The Bertz CT molecular complexity index is 1030. The van der Waals surface area contributed by atoms with Crippen molar-refractivity contribution in [3.8, 4) is 17.2 Å². The molecule has 0 amide bonds. The summed E-state index contributed by atoms with van der Waals surface area (Å²) in [6, 6.07) is 8.39. The molecule has 28 heavy (non-hydrogen) atoms. The second-order valence-electron chi connectivity index (χ2n) is 5.70. The van der Waals surface area contributed by atoms with E-state index in [9.17, 15) is 9.90 Å². The van der Waals surface area contributed by atoms with E-state index in [2.05, 4.69) is 10.2 Å². The van der Waals surface area contributed by atoms with E-state index in [4.69, 9.17) is 25.2 Å². The Kier molecular flexibility index (Phi) is 5.96. The molecule has 0 aliphatic carbocycles. The molecular weight excluding hydrogens is 406 g/mol. The Morgan fingerprint density at radius 2 is 2.04 bits per heavy atom. The fourth-order valence-corrected chi connectivity index (χ4v) is 3.05. The van der Waals surface area contributed by atoms with Crippen molar-refractivity contribution >= 4 is 41.3 Å². The number of hydrogen-bond acceptors (Lipinski definition) is 8. The van der Waals surface area contributed by atoms with E-state index in [1.54, 1.807) is 35.2 Å². The Morgan fingerprint density at radius 1 is 1.25 bits per heavy atom. The fraction of sp³-hybridized carbons (Fsp3) is 0.167. The molecule has 0 unspecified atom stereocenters. The summed E-state index contributed by atoms with van der Waals surface area (Å²) in [7, 11) is 5.15. The van der Waals surface area contributed by atoms with Crippen LogP contribution in [0.5, 0.6) is 5.75 Å². The Labute approximate surface area is 169 Å². The minimum atomic E-state index is -1.15. The highest BCUT2D eigenvalue weighted by atomic mass is 35.5. The highest BCUT2D eigenvalue weighted by molar-refractivity contribution is 8.03. The third-order valence-corrected chi connectivity index (χ3v) is 4.62. The van der Waals surface area contributed by atoms with Crippen LogP contribution in [0, 0.1) is 0 Å². The number of methoxy groups -OCH3 is 1. The van der Waals surface area contributed by atoms with Gasteiger partial charge >= 0.3 is 5.97 Å². The molecule has 0 aliphatic heterocycles. The molecule has 1 aromatic carbocycles. The number of furan rings is 1. The molecule has 0 aliphatic rings. The van der Waals surface area contributed by atoms with Crippen molar-refractivity contribution < 1.29 is 23.5 Å². The van der Waals surface area contributed by atoms with Gasteiger partial charge in [-0.05, 0) is 36.0 Å². The highest BCUT2D eigenvalue weighted by Gasteiger charge is 2.19. The molecule has 10 heteroatoms. The normalized spacial score (nSPS) is 11.5. The molecule has 0 fully saturated rings. The molecule has 3 rings (SSSR count). The van der Waals surface area contributed by atoms with Crippen LogP contribution in [0.25, 0.3) is 17.5 Å². The van der Waals surface area contributed by atoms with Crippen LogP contribution in [0.4, 0.5) is 5.88 Å². The number of rotatable bonds is 7. The van der Waals surface area contributed by atoms with Gasteiger partial charge in [0.2, 0.25) is 0 Å². The number of thioether (sulfide) groups is 1. The molecule has 0 saturated carbocycles. The molecule has 146 valence electrons. The second-order valence-corrected chi connectivity index (χ2v) is 7.13. The Balaban J connectivity index is 1.86. The zero-order chi connectivity index (χ0) is 20.3. The molecule has 2 heterocycles. The van der Waals surface area contributed by atoms with Gasteiger partial charge in [0.15, 0.2) is 5.88 Å². The molecule has 0 spiro atoms. The summed E-state index contributed by atoms with van der Waals surface area (Å²) in [5.74, 6) is 0.525. The largest absolute Gasteiger partial charge is 0.496 e. The van der Waals surface area contributed by atoms with E-state index in [0.717, 1.165) is 11.8 Å². The van der Waals surface area contributed by atoms with Crippen molar-refractivity contribution in [3.63, 3.8) is 0 Å². The van der Waals surface area contributed by atoms with Crippen LogP contribution in [-0.4, -0.2) is 42.5 Å². The van der Waals surface area contributed by atoms with Gasteiger partial charge in [-0.1, -0.05) is 11.6 Å². The second kappa shape index (κ2) is 8.41. The van der Waals surface area contributed by atoms with Crippen molar-refractivity contribution in [1.29, 1.82) is 0 Å². The molecule has 0 radical (unpaired) electrons. The first kappa shape index (κ1) is 19.8. The lowest BCUT2D eigenvalue weighted by atomic mass is 10.2. The SMILES string of the molecule is COc1ccc(Cl)cc1-c1nnc(S/C(=C\c2ccc(N(C)C)o2)C(=O)O)o1. The molecule has 0 saturated heterocycles. The van der Waals surface area contributed by atoms with E-state index in [0.29, 0.717) is 28.0 Å². The van der Waals surface area contributed by atoms with Crippen LogP contribution in [0.2, 0.25) is 5.02 Å². The first-order chi connectivity index (χ1) is 13.4. The van der Waals surface area contributed by atoms with Gasteiger partial charge < -0.3 is 23.6 Å². The zero-order valence-corrected chi connectivity index (χ0v) is 16.7. The first-order valence-electron chi connectivity index (χ1n) is 7.95. The Morgan fingerprint density at radius 3 is 2.68 bits per heavy atom. The summed E-state index contributed by atoms with van der Waals surface area (Å²) in [6.07, 6.45) is 1.39. The average molecular weight is 422 g/mol. The number of carboxylic acid groups (broad SMARTS) is 1. The summed E-state index contributed by atoms with van der Waals surface area (Å²) in [5, 5.41) is 17.9. The third kappa shape index (κ3) is 4.49. The number of hydrogen-bond donors (Lipinski definition) is 1. The number of aliphatic carboxylic acids is 1. The van der Waals surface area contributed by atoms with E-state index >= 15 is 0 Å². The molecule has 0 atom stereocenters. The number of benzene rings is 1. The van der Waals surface area contributed by atoms with Crippen LogP contribution in [0.1, 0.15) is 5.76 Å². The molecule has 8 nitrogen and oxygen atoms in total. The van der Waals surface area contributed by atoms with Crippen molar-refractivity contribution in [1.82, 2.24) is 10.2 Å². The molecule has 1 N–H and O–H groups in total. The van der Waals surface area contributed by atoms with Crippen LogP contribution < -0.4 is 9.64 Å². The average Bonchev–Trinajstić information content (AvgIpc) is 3.30. The first-order valence-corrected chi connectivity index (χ1v) is 9.14. The van der Waals surface area contributed by atoms with Crippen LogP contribution in [-0.2, 0) is 4.79 Å². The van der Waals surface area contributed by atoms with Gasteiger partial charge in [-0.15, -0.1) is 10.2 Å². The van der Waals surface area contributed by atoms with Gasteiger partial charge in [-0.2, -0.15) is 0 Å². The number of halogens is 1. The lowest BCUT2D eigenvalue weighted by Crippen LogP contribution is -2.06. The predicted octanol–water partition coefficient (Wildman–Crippen LogP) is 4.28. The lowest BCUT2D eigenvalue weighted by molar-refractivity contribution is -0.131. The van der Waals surface area contributed by atoms with Crippen LogP contribution >= 0.6 is 23.4 Å². The molecular formula is C18H16ClN3O5S. The van der Waals surface area contributed by atoms with Crippen molar-refractivity contribution in [3.05, 3.63) is 46.0 Å². The van der Waals surface area contributed by atoms with Crippen molar-refractivity contribution in [2.24, 2.45) is 0 Å². The Hall–Kier alpha value is -2.91. The maximum absolute atomic E-state index is 11.6. The van der Waals surface area contributed by atoms with Crippen LogP contribution in [0.3, 0.4) is 0 Å². The van der Waals surface area contributed by atoms with Gasteiger partial charge in [0.05, 0.1) is 12.7 Å². The van der Waals surface area contributed by atoms with Crippen molar-refractivity contribution in [2.75, 3.05) is 26.1 Å². The quantitative estimate of drug-likeness (QED) is 0.442. The van der Waals surface area contributed by atoms with Gasteiger partial charge in [0, 0.05) is 31.3 Å².